The molecular weight excluding hydrogens is 336 g/mol. The van der Waals surface area contributed by atoms with Crippen LogP contribution >= 0.6 is 35.1 Å². The average molecular weight is 351 g/mol. The Labute approximate surface area is 143 Å². The second-order valence-corrected chi connectivity index (χ2v) is 7.97. The molecule has 0 aliphatic carbocycles. The number of carbonyl (C=O) groups is 1. The molecule has 1 fully saturated rings. The normalized spacial score (nSPS) is 20.7. The van der Waals surface area contributed by atoms with Gasteiger partial charge in [-0.3, -0.25) is 4.79 Å². The van der Waals surface area contributed by atoms with E-state index in [1.54, 1.807) is 48.6 Å². The smallest absolute Gasteiger partial charge is 0.176 e. The first-order valence-electron chi connectivity index (χ1n) is 6.93. The summed E-state index contributed by atoms with van der Waals surface area (Å²) in [6, 6.07) is 7.15. The van der Waals surface area contributed by atoms with Crippen molar-refractivity contribution >= 4 is 46.6 Å². The van der Waals surface area contributed by atoms with Gasteiger partial charge in [-0.1, -0.05) is 11.6 Å². The second-order valence-electron chi connectivity index (χ2n) is 4.96. The van der Waals surface area contributed by atoms with E-state index >= 15 is 0 Å². The van der Waals surface area contributed by atoms with Crippen LogP contribution in [0.25, 0.3) is 5.70 Å². The highest BCUT2D eigenvalue weighted by Crippen LogP contribution is 2.43. The highest BCUT2D eigenvalue weighted by Gasteiger charge is 2.27. The van der Waals surface area contributed by atoms with Gasteiger partial charge >= 0.3 is 0 Å². The molecule has 0 amide bonds. The van der Waals surface area contributed by atoms with Crippen molar-refractivity contribution in [3.05, 3.63) is 57.8 Å². The minimum atomic E-state index is -0.0316. The Morgan fingerprint density at radius 2 is 2.14 bits per heavy atom. The Morgan fingerprint density at radius 3 is 2.82 bits per heavy atom. The number of rotatable bonds is 3. The highest BCUT2D eigenvalue weighted by molar-refractivity contribution is 8.23. The molecule has 1 unspecified atom stereocenters. The number of imidazole rings is 1. The summed E-state index contributed by atoms with van der Waals surface area (Å²) in [5, 5.41) is 0.621. The van der Waals surface area contributed by atoms with E-state index in [1.807, 2.05) is 22.5 Å². The van der Waals surface area contributed by atoms with Gasteiger partial charge in [-0.25, -0.2) is 4.98 Å². The van der Waals surface area contributed by atoms with Crippen LogP contribution in [0.3, 0.4) is 0 Å². The lowest BCUT2D eigenvalue weighted by Crippen LogP contribution is -2.21. The van der Waals surface area contributed by atoms with Crippen LogP contribution in [0, 0.1) is 0 Å². The fraction of sp³-hybridized carbons (Fsp3) is 0.250. The minimum Gasteiger partial charge on any atom is -0.309 e. The SMILES string of the molecule is C/C(=C1/SCCC(C(=O)c2ccc(Cl)cc2)S1)n1ccnc1. The first-order valence-corrected chi connectivity index (χ1v) is 9.18. The molecule has 2 heterocycles. The largest absolute Gasteiger partial charge is 0.309 e. The van der Waals surface area contributed by atoms with E-state index in [-0.39, 0.29) is 11.0 Å². The van der Waals surface area contributed by atoms with Crippen molar-refractivity contribution in [2.45, 2.75) is 18.6 Å². The van der Waals surface area contributed by atoms with Crippen LogP contribution in [0.4, 0.5) is 0 Å². The third kappa shape index (κ3) is 3.42. The van der Waals surface area contributed by atoms with Crippen molar-refractivity contribution in [2.24, 2.45) is 0 Å². The quantitative estimate of drug-likeness (QED) is 0.744. The third-order valence-corrected chi connectivity index (χ3v) is 6.61. The summed E-state index contributed by atoms with van der Waals surface area (Å²) in [7, 11) is 0. The van der Waals surface area contributed by atoms with Gasteiger partial charge in [-0.15, -0.1) is 23.5 Å². The lowest BCUT2D eigenvalue weighted by molar-refractivity contribution is 0.0988. The van der Waals surface area contributed by atoms with Crippen molar-refractivity contribution < 1.29 is 4.79 Å². The molecule has 1 aromatic heterocycles. The lowest BCUT2D eigenvalue weighted by Gasteiger charge is -2.24. The van der Waals surface area contributed by atoms with Crippen LogP contribution in [-0.4, -0.2) is 26.3 Å². The summed E-state index contributed by atoms with van der Waals surface area (Å²) in [5.74, 6) is 1.14. The third-order valence-electron chi connectivity index (χ3n) is 3.47. The van der Waals surface area contributed by atoms with Gasteiger partial charge in [0.25, 0.3) is 0 Å². The molecule has 1 aromatic carbocycles. The molecule has 114 valence electrons. The molecule has 0 spiro atoms. The van der Waals surface area contributed by atoms with Crippen molar-refractivity contribution in [2.75, 3.05) is 5.75 Å². The molecule has 0 bridgehead atoms. The molecule has 1 atom stereocenters. The zero-order chi connectivity index (χ0) is 15.5. The van der Waals surface area contributed by atoms with Gasteiger partial charge in [-0.05, 0) is 37.6 Å². The number of allylic oxidation sites excluding steroid dienone is 1. The average Bonchev–Trinajstić information content (AvgIpc) is 3.09. The molecule has 0 N–H and O–H groups in total. The topological polar surface area (TPSA) is 34.9 Å². The number of thioether (sulfide) groups is 2. The highest BCUT2D eigenvalue weighted by atomic mass is 35.5. The van der Waals surface area contributed by atoms with Crippen molar-refractivity contribution in [1.29, 1.82) is 0 Å². The molecule has 0 radical (unpaired) electrons. The fourth-order valence-electron chi connectivity index (χ4n) is 2.22. The van der Waals surface area contributed by atoms with E-state index in [1.165, 1.54) is 4.24 Å². The Balaban J connectivity index is 1.80. The zero-order valence-electron chi connectivity index (χ0n) is 12.0. The first-order chi connectivity index (χ1) is 10.6. The predicted molar refractivity (Wildman–Crippen MR) is 95.4 cm³/mol. The monoisotopic (exact) mass is 350 g/mol. The van der Waals surface area contributed by atoms with Crippen molar-refractivity contribution in [1.82, 2.24) is 9.55 Å². The summed E-state index contributed by atoms with van der Waals surface area (Å²) in [5.41, 5.74) is 1.86. The Bertz CT molecular complexity index is 695. The summed E-state index contributed by atoms with van der Waals surface area (Å²) >= 11 is 9.35. The van der Waals surface area contributed by atoms with Crippen molar-refractivity contribution in [3.63, 3.8) is 0 Å². The van der Waals surface area contributed by atoms with Crippen LogP contribution < -0.4 is 0 Å². The Kier molecular flexibility index (Phi) is 4.96. The van der Waals surface area contributed by atoms with Crippen LogP contribution in [0.2, 0.25) is 5.02 Å². The number of hydrogen-bond donors (Lipinski definition) is 0. The van der Waals surface area contributed by atoms with E-state index in [0.717, 1.165) is 23.4 Å². The lowest BCUT2D eigenvalue weighted by atomic mass is 10.1. The van der Waals surface area contributed by atoms with E-state index in [4.69, 9.17) is 11.6 Å². The van der Waals surface area contributed by atoms with Gasteiger partial charge in [0.2, 0.25) is 0 Å². The minimum absolute atomic E-state index is 0.0316. The molecule has 6 heteroatoms. The van der Waals surface area contributed by atoms with E-state index in [0.29, 0.717) is 5.02 Å². The molecule has 22 heavy (non-hydrogen) atoms. The van der Waals surface area contributed by atoms with Gasteiger partial charge in [0.1, 0.15) is 0 Å². The number of aromatic nitrogens is 2. The van der Waals surface area contributed by atoms with Crippen LogP contribution in [0.15, 0.2) is 47.2 Å². The maximum absolute atomic E-state index is 12.7. The number of hydrogen-bond acceptors (Lipinski definition) is 4. The number of halogens is 1. The van der Waals surface area contributed by atoms with Crippen LogP contribution in [-0.2, 0) is 0 Å². The van der Waals surface area contributed by atoms with Gasteiger partial charge in [0.15, 0.2) is 5.78 Å². The number of ketones is 1. The van der Waals surface area contributed by atoms with Gasteiger partial charge < -0.3 is 4.57 Å². The van der Waals surface area contributed by atoms with E-state index < -0.39 is 0 Å². The molecule has 3 rings (SSSR count). The van der Waals surface area contributed by atoms with Crippen LogP contribution in [0.1, 0.15) is 23.7 Å². The molecule has 1 saturated heterocycles. The maximum Gasteiger partial charge on any atom is 0.176 e. The second kappa shape index (κ2) is 6.94. The van der Waals surface area contributed by atoms with Gasteiger partial charge in [0.05, 0.1) is 15.8 Å². The molecule has 3 nitrogen and oxygen atoms in total. The first kappa shape index (κ1) is 15.7. The molecule has 0 saturated carbocycles. The Hall–Kier alpha value is -1.17. The van der Waals surface area contributed by atoms with Gasteiger partial charge in [-0.2, -0.15) is 0 Å². The van der Waals surface area contributed by atoms with E-state index in [2.05, 4.69) is 11.9 Å². The van der Waals surface area contributed by atoms with E-state index in [9.17, 15) is 4.79 Å². The number of benzene rings is 1. The Morgan fingerprint density at radius 1 is 1.36 bits per heavy atom. The predicted octanol–water partition coefficient (Wildman–Crippen LogP) is 4.80. The number of carbonyl (C=O) groups excluding carboxylic acids is 1. The molecule has 2 aromatic rings. The summed E-state index contributed by atoms with van der Waals surface area (Å²) in [6.07, 6.45) is 6.36. The van der Waals surface area contributed by atoms with Crippen LogP contribution in [0.5, 0.6) is 0 Å². The standard InChI is InChI=1S/C16H15ClN2OS2/c1-11(19-8-7-18-10-19)16-21-9-6-14(22-16)15(20)12-2-4-13(17)5-3-12/h2-5,7-8,10,14H,6,9H2,1H3/b16-11+. The van der Waals surface area contributed by atoms with Gasteiger partial charge in [0, 0.05) is 34.4 Å². The maximum atomic E-state index is 12.7. The zero-order valence-corrected chi connectivity index (χ0v) is 14.4. The summed E-state index contributed by atoms with van der Waals surface area (Å²) < 4.78 is 3.18. The molecular formula is C16H15ClN2OS2. The summed E-state index contributed by atoms with van der Waals surface area (Å²) in [6.45, 7) is 2.06. The molecule has 1 aliphatic rings. The van der Waals surface area contributed by atoms with Crippen molar-refractivity contribution in [3.8, 4) is 0 Å². The summed E-state index contributed by atoms with van der Waals surface area (Å²) in [4.78, 5) is 16.7. The number of nitrogens with zero attached hydrogens (tertiary/aromatic N) is 2. The molecule has 1 aliphatic heterocycles. The number of Topliss-reactive ketones (excluding diaryl/α,β-unsaturated/α-hetero) is 1. The fourth-order valence-corrected chi connectivity index (χ4v) is 5.23.